The summed E-state index contributed by atoms with van der Waals surface area (Å²) in [6, 6.07) is 21.7. The maximum absolute atomic E-state index is 12.3. The van der Waals surface area contributed by atoms with Crippen molar-refractivity contribution in [3.8, 4) is 11.3 Å². The molecular formula is C27H26N4O3. The number of nitrogens with one attached hydrogen (secondary N) is 2. The number of hydrogen-bond acceptors (Lipinski definition) is 4. The molecule has 34 heavy (non-hydrogen) atoms. The number of nitrogens with zero attached hydrogens (tertiary/aromatic N) is 2. The van der Waals surface area contributed by atoms with Crippen LogP contribution in [0.3, 0.4) is 0 Å². The molecule has 0 saturated carbocycles. The Hall–Kier alpha value is -4.39. The van der Waals surface area contributed by atoms with Crippen molar-refractivity contribution in [2.24, 2.45) is 0 Å². The van der Waals surface area contributed by atoms with E-state index in [9.17, 15) is 9.59 Å². The van der Waals surface area contributed by atoms with Crippen LogP contribution >= 0.6 is 0 Å². The molecule has 2 aromatic carbocycles. The third-order valence-corrected chi connectivity index (χ3v) is 5.18. The van der Waals surface area contributed by atoms with Crippen LogP contribution in [0.2, 0.25) is 0 Å². The summed E-state index contributed by atoms with van der Waals surface area (Å²) in [7, 11) is 0. The van der Waals surface area contributed by atoms with Crippen molar-refractivity contribution in [1.82, 2.24) is 20.4 Å². The van der Waals surface area contributed by atoms with Gasteiger partial charge < -0.3 is 15.1 Å². The summed E-state index contributed by atoms with van der Waals surface area (Å²) in [5.41, 5.74) is 4.87. The molecule has 0 aliphatic carbocycles. The minimum Gasteiger partial charge on any atom is -0.467 e. The molecule has 0 saturated heterocycles. The Labute approximate surface area is 198 Å². The SMILES string of the molecule is Cc1ccc(-c2nn(Cc3ccccc3)cc2/C=C/C(=O)NCC(=O)NCc2ccco2)cc1. The molecule has 0 unspecified atom stereocenters. The lowest BCUT2D eigenvalue weighted by molar-refractivity contribution is -0.124. The standard InChI is InChI=1S/C27H26N4O3/c1-20-9-11-22(12-10-20)27-23(19-31(30-27)18-21-6-3-2-4-7-21)13-14-25(32)29-17-26(33)28-16-24-8-5-15-34-24/h2-15,19H,16-18H2,1H3,(H,28,33)(H,29,32)/b14-13+. The smallest absolute Gasteiger partial charge is 0.244 e. The number of amides is 2. The molecule has 0 spiro atoms. The molecule has 2 heterocycles. The number of hydrogen-bond donors (Lipinski definition) is 2. The number of aromatic nitrogens is 2. The highest BCUT2D eigenvalue weighted by Crippen LogP contribution is 2.24. The number of aryl methyl sites for hydroxylation is 1. The quantitative estimate of drug-likeness (QED) is 0.375. The average molecular weight is 455 g/mol. The molecule has 7 nitrogen and oxygen atoms in total. The molecule has 7 heteroatoms. The molecule has 0 fully saturated rings. The van der Waals surface area contributed by atoms with Gasteiger partial charge in [-0.15, -0.1) is 0 Å². The number of rotatable bonds is 9. The van der Waals surface area contributed by atoms with Crippen LogP contribution in [0.25, 0.3) is 17.3 Å². The molecule has 0 aliphatic rings. The molecule has 0 radical (unpaired) electrons. The van der Waals surface area contributed by atoms with E-state index in [0.29, 0.717) is 12.3 Å². The van der Waals surface area contributed by atoms with Crippen molar-refractivity contribution >= 4 is 17.9 Å². The van der Waals surface area contributed by atoms with Crippen LogP contribution in [-0.2, 0) is 22.7 Å². The van der Waals surface area contributed by atoms with E-state index in [-0.39, 0.29) is 24.9 Å². The van der Waals surface area contributed by atoms with Gasteiger partial charge in [0.25, 0.3) is 0 Å². The van der Waals surface area contributed by atoms with Gasteiger partial charge in [0.2, 0.25) is 11.8 Å². The Morgan fingerprint density at radius 1 is 1.00 bits per heavy atom. The Morgan fingerprint density at radius 3 is 2.53 bits per heavy atom. The molecule has 0 atom stereocenters. The zero-order chi connectivity index (χ0) is 23.8. The van der Waals surface area contributed by atoms with Crippen LogP contribution in [0.15, 0.2) is 89.7 Å². The predicted molar refractivity (Wildman–Crippen MR) is 131 cm³/mol. The van der Waals surface area contributed by atoms with Gasteiger partial charge in [0.15, 0.2) is 0 Å². The second-order valence-corrected chi connectivity index (χ2v) is 7.89. The van der Waals surface area contributed by atoms with E-state index >= 15 is 0 Å². The Bertz CT molecular complexity index is 1260. The summed E-state index contributed by atoms with van der Waals surface area (Å²) < 4.78 is 7.03. The highest BCUT2D eigenvalue weighted by Gasteiger charge is 2.11. The minimum absolute atomic E-state index is 0.123. The van der Waals surface area contributed by atoms with Gasteiger partial charge in [0.1, 0.15) is 5.76 Å². The van der Waals surface area contributed by atoms with Crippen LogP contribution in [-0.4, -0.2) is 28.1 Å². The summed E-state index contributed by atoms with van der Waals surface area (Å²) in [6.45, 7) is 2.81. The fraction of sp³-hybridized carbons (Fsp3) is 0.148. The maximum atomic E-state index is 12.3. The van der Waals surface area contributed by atoms with E-state index in [0.717, 1.165) is 27.9 Å². The zero-order valence-electron chi connectivity index (χ0n) is 18.9. The lowest BCUT2D eigenvalue weighted by Gasteiger charge is -2.04. The fourth-order valence-electron chi connectivity index (χ4n) is 3.40. The van der Waals surface area contributed by atoms with E-state index in [1.54, 1.807) is 24.5 Å². The predicted octanol–water partition coefficient (Wildman–Crippen LogP) is 3.95. The van der Waals surface area contributed by atoms with Crippen molar-refractivity contribution in [2.45, 2.75) is 20.0 Å². The second-order valence-electron chi connectivity index (χ2n) is 7.89. The van der Waals surface area contributed by atoms with Crippen molar-refractivity contribution in [3.05, 3.63) is 108 Å². The van der Waals surface area contributed by atoms with Gasteiger partial charge in [-0.05, 0) is 30.7 Å². The molecule has 2 N–H and O–H groups in total. The van der Waals surface area contributed by atoms with Crippen molar-refractivity contribution in [1.29, 1.82) is 0 Å². The third-order valence-electron chi connectivity index (χ3n) is 5.18. The molecule has 0 aliphatic heterocycles. The van der Waals surface area contributed by atoms with Crippen molar-refractivity contribution < 1.29 is 14.0 Å². The first-order valence-corrected chi connectivity index (χ1v) is 11.0. The molecule has 0 bridgehead atoms. The van der Waals surface area contributed by atoms with Gasteiger partial charge >= 0.3 is 0 Å². The molecule has 2 aromatic heterocycles. The van der Waals surface area contributed by atoms with Crippen LogP contribution < -0.4 is 10.6 Å². The van der Waals surface area contributed by atoms with Gasteiger partial charge in [-0.1, -0.05) is 60.2 Å². The molecule has 2 amide bonds. The number of benzene rings is 2. The maximum Gasteiger partial charge on any atom is 0.244 e. The van der Waals surface area contributed by atoms with E-state index in [1.807, 2.05) is 72.4 Å². The van der Waals surface area contributed by atoms with Gasteiger partial charge in [0.05, 0.1) is 31.6 Å². The number of carbonyl (C=O) groups is 2. The molecule has 4 rings (SSSR count). The fourth-order valence-corrected chi connectivity index (χ4v) is 3.40. The third kappa shape index (κ3) is 6.32. The second kappa shape index (κ2) is 11.0. The first kappa shape index (κ1) is 22.8. The summed E-state index contributed by atoms with van der Waals surface area (Å²) in [5, 5.41) is 10.1. The van der Waals surface area contributed by atoms with E-state index in [4.69, 9.17) is 9.52 Å². The minimum atomic E-state index is -0.362. The summed E-state index contributed by atoms with van der Waals surface area (Å²) in [6.07, 6.45) is 6.60. The van der Waals surface area contributed by atoms with E-state index in [2.05, 4.69) is 10.6 Å². The van der Waals surface area contributed by atoms with Gasteiger partial charge in [-0.25, -0.2) is 0 Å². The lowest BCUT2D eigenvalue weighted by Crippen LogP contribution is -2.35. The Kier molecular flexibility index (Phi) is 7.35. The topological polar surface area (TPSA) is 89.2 Å². The largest absolute Gasteiger partial charge is 0.467 e. The number of carbonyl (C=O) groups excluding carboxylic acids is 2. The van der Waals surface area contributed by atoms with Crippen LogP contribution in [0.4, 0.5) is 0 Å². The molecular weight excluding hydrogens is 428 g/mol. The highest BCUT2D eigenvalue weighted by molar-refractivity contribution is 5.95. The van der Waals surface area contributed by atoms with Crippen LogP contribution in [0.5, 0.6) is 0 Å². The highest BCUT2D eigenvalue weighted by atomic mass is 16.3. The first-order valence-electron chi connectivity index (χ1n) is 11.0. The van der Waals surface area contributed by atoms with E-state index in [1.165, 1.54) is 6.08 Å². The Balaban J connectivity index is 1.43. The number of furan rings is 1. The zero-order valence-corrected chi connectivity index (χ0v) is 18.9. The lowest BCUT2D eigenvalue weighted by atomic mass is 10.1. The normalized spacial score (nSPS) is 11.0. The van der Waals surface area contributed by atoms with Crippen LogP contribution in [0, 0.1) is 6.92 Å². The Morgan fingerprint density at radius 2 is 1.79 bits per heavy atom. The van der Waals surface area contributed by atoms with Gasteiger partial charge in [-0.2, -0.15) is 5.10 Å². The van der Waals surface area contributed by atoms with Crippen molar-refractivity contribution in [2.75, 3.05) is 6.54 Å². The van der Waals surface area contributed by atoms with Gasteiger partial charge in [-0.3, -0.25) is 14.3 Å². The monoisotopic (exact) mass is 454 g/mol. The summed E-state index contributed by atoms with van der Waals surface area (Å²) in [4.78, 5) is 24.3. The molecule has 172 valence electrons. The summed E-state index contributed by atoms with van der Waals surface area (Å²) in [5.74, 6) is -0.0105. The van der Waals surface area contributed by atoms with E-state index < -0.39 is 0 Å². The first-order chi connectivity index (χ1) is 16.6. The van der Waals surface area contributed by atoms with Crippen molar-refractivity contribution in [3.63, 3.8) is 0 Å². The van der Waals surface area contributed by atoms with Crippen LogP contribution in [0.1, 0.15) is 22.5 Å². The summed E-state index contributed by atoms with van der Waals surface area (Å²) >= 11 is 0. The molecule has 4 aromatic rings. The average Bonchev–Trinajstić information content (AvgIpc) is 3.51. The van der Waals surface area contributed by atoms with Gasteiger partial charge in [0, 0.05) is 23.4 Å².